The minimum atomic E-state index is -3.00. The van der Waals surface area contributed by atoms with Crippen LogP contribution in [0.2, 0.25) is 5.02 Å². The van der Waals surface area contributed by atoms with Crippen LogP contribution in [0.1, 0.15) is 17.5 Å². The fourth-order valence-electron chi connectivity index (χ4n) is 2.76. The fraction of sp³-hybridized carbons (Fsp3) is 0.261. The zero-order valence-corrected chi connectivity index (χ0v) is 18.6. The van der Waals surface area contributed by atoms with E-state index in [-0.39, 0.29) is 24.5 Å². The lowest BCUT2D eigenvalue weighted by molar-refractivity contribution is -0.142. The van der Waals surface area contributed by atoms with Gasteiger partial charge in [0.2, 0.25) is 0 Å². The molecule has 0 atom stereocenters. The molecule has 0 saturated heterocycles. The Kier molecular flexibility index (Phi) is 9.63. The number of rotatable bonds is 10. The Hall–Kier alpha value is -3.64. The number of alkyl halides is 2. The number of benzene rings is 2. The molecule has 0 radical (unpaired) electrons. The van der Waals surface area contributed by atoms with E-state index in [2.05, 4.69) is 4.74 Å². The van der Waals surface area contributed by atoms with Crippen molar-refractivity contribution < 1.29 is 32.6 Å². The van der Waals surface area contributed by atoms with Gasteiger partial charge in [-0.05, 0) is 54.5 Å². The summed E-state index contributed by atoms with van der Waals surface area (Å²) < 4.78 is 39.2. The molecule has 33 heavy (non-hydrogen) atoms. The quantitative estimate of drug-likeness (QED) is 0.361. The van der Waals surface area contributed by atoms with E-state index >= 15 is 0 Å². The van der Waals surface area contributed by atoms with Crippen LogP contribution in [0, 0.1) is 18.3 Å². The number of carbonyl (C=O) groups is 2. The van der Waals surface area contributed by atoms with Crippen LogP contribution in [0.3, 0.4) is 0 Å². The Morgan fingerprint density at radius 1 is 1.21 bits per heavy atom. The number of halogens is 3. The van der Waals surface area contributed by atoms with Crippen molar-refractivity contribution in [1.82, 2.24) is 0 Å². The molecular weight excluding hydrogens is 458 g/mol. The third-order valence-electron chi connectivity index (χ3n) is 4.35. The summed E-state index contributed by atoms with van der Waals surface area (Å²) in [6.07, 6.45) is 2.55. The molecule has 7 nitrogen and oxygen atoms in total. The van der Waals surface area contributed by atoms with Crippen LogP contribution in [0.5, 0.6) is 11.5 Å². The zero-order chi connectivity index (χ0) is 24.4. The fourth-order valence-corrected chi connectivity index (χ4v) is 2.88. The molecule has 1 amide bonds. The largest absolute Gasteiger partial charge is 0.493 e. The maximum atomic E-state index is 12.6. The third kappa shape index (κ3) is 7.77. The topological polar surface area (TPSA) is 88.9 Å². The molecule has 0 fully saturated rings. The second kappa shape index (κ2) is 12.4. The number of hydrogen-bond donors (Lipinski definition) is 0. The standard InChI is InChI=1S/C23H21ClF2N2O5/c1-15-12-17(6-7-18(15)24)28(11-3-10-27)21(29)14-32-22(30)9-5-16-4-8-19(33-23(25)26)20(13-16)31-2/h4-9,12-13,23H,3,11,14H2,1-2H3/b9-5+. The van der Waals surface area contributed by atoms with Crippen LogP contribution in [-0.2, 0) is 14.3 Å². The number of esters is 1. The van der Waals surface area contributed by atoms with Crippen LogP contribution in [-0.4, -0.2) is 38.7 Å². The molecule has 0 aliphatic carbocycles. The van der Waals surface area contributed by atoms with E-state index in [1.807, 2.05) is 6.07 Å². The van der Waals surface area contributed by atoms with Gasteiger partial charge in [0, 0.05) is 23.3 Å². The lowest BCUT2D eigenvalue weighted by atomic mass is 10.2. The van der Waals surface area contributed by atoms with Crippen molar-refractivity contribution in [3.8, 4) is 17.6 Å². The van der Waals surface area contributed by atoms with Gasteiger partial charge < -0.3 is 19.1 Å². The molecule has 10 heteroatoms. The molecule has 0 heterocycles. The molecule has 0 aliphatic heterocycles. The highest BCUT2D eigenvalue weighted by Crippen LogP contribution is 2.30. The van der Waals surface area contributed by atoms with Crippen molar-refractivity contribution in [2.75, 3.05) is 25.2 Å². The highest BCUT2D eigenvalue weighted by Gasteiger charge is 2.18. The van der Waals surface area contributed by atoms with Crippen LogP contribution in [0.4, 0.5) is 14.5 Å². The molecule has 0 saturated carbocycles. The zero-order valence-electron chi connectivity index (χ0n) is 17.9. The lowest BCUT2D eigenvalue weighted by Gasteiger charge is -2.22. The molecular formula is C23H21ClF2N2O5. The van der Waals surface area contributed by atoms with Gasteiger partial charge in [-0.25, -0.2) is 4.79 Å². The van der Waals surface area contributed by atoms with Crippen molar-refractivity contribution in [3.05, 3.63) is 58.6 Å². The molecule has 174 valence electrons. The molecule has 0 N–H and O–H groups in total. The number of amides is 1. The molecule has 0 spiro atoms. The van der Waals surface area contributed by atoms with Gasteiger partial charge in [0.25, 0.3) is 5.91 Å². The predicted molar refractivity (Wildman–Crippen MR) is 118 cm³/mol. The van der Waals surface area contributed by atoms with Crippen LogP contribution >= 0.6 is 11.6 Å². The van der Waals surface area contributed by atoms with Gasteiger partial charge in [-0.3, -0.25) is 4.79 Å². The van der Waals surface area contributed by atoms with E-state index in [9.17, 15) is 18.4 Å². The smallest absolute Gasteiger partial charge is 0.387 e. The van der Waals surface area contributed by atoms with Crippen molar-refractivity contribution in [2.24, 2.45) is 0 Å². The van der Waals surface area contributed by atoms with E-state index in [0.29, 0.717) is 16.3 Å². The second-order valence-electron chi connectivity index (χ2n) is 6.62. The molecule has 2 aromatic rings. The van der Waals surface area contributed by atoms with Crippen LogP contribution in [0.25, 0.3) is 6.08 Å². The first-order chi connectivity index (χ1) is 15.7. The first-order valence-corrected chi connectivity index (χ1v) is 10.0. The summed E-state index contributed by atoms with van der Waals surface area (Å²) in [4.78, 5) is 26.0. The van der Waals surface area contributed by atoms with Gasteiger partial charge >= 0.3 is 12.6 Å². The summed E-state index contributed by atoms with van der Waals surface area (Å²) in [6.45, 7) is -1.64. The second-order valence-corrected chi connectivity index (χ2v) is 7.02. The Morgan fingerprint density at radius 3 is 2.61 bits per heavy atom. The SMILES string of the molecule is COc1cc(/C=C/C(=O)OCC(=O)N(CCC#N)c2ccc(Cl)c(C)c2)ccc1OC(F)F. The highest BCUT2D eigenvalue weighted by molar-refractivity contribution is 6.31. The molecule has 0 bridgehead atoms. The number of nitriles is 1. The summed E-state index contributed by atoms with van der Waals surface area (Å²) >= 11 is 6.03. The number of anilines is 1. The Labute approximate surface area is 194 Å². The van der Waals surface area contributed by atoms with Gasteiger partial charge in [0.1, 0.15) is 0 Å². The van der Waals surface area contributed by atoms with E-state index in [1.165, 1.54) is 36.3 Å². The van der Waals surface area contributed by atoms with Gasteiger partial charge in [-0.2, -0.15) is 14.0 Å². The molecule has 0 aromatic heterocycles. The minimum absolute atomic E-state index is 0.0624. The maximum Gasteiger partial charge on any atom is 0.387 e. The van der Waals surface area contributed by atoms with Gasteiger partial charge in [-0.15, -0.1) is 0 Å². The van der Waals surface area contributed by atoms with Crippen molar-refractivity contribution in [2.45, 2.75) is 20.0 Å². The average Bonchev–Trinajstić information content (AvgIpc) is 2.79. The van der Waals surface area contributed by atoms with E-state index < -0.39 is 25.1 Å². The monoisotopic (exact) mass is 478 g/mol. The first kappa shape index (κ1) is 25.6. The van der Waals surface area contributed by atoms with Crippen molar-refractivity contribution in [3.63, 3.8) is 0 Å². The van der Waals surface area contributed by atoms with E-state index in [0.717, 1.165) is 11.6 Å². The number of hydrogen-bond acceptors (Lipinski definition) is 6. The van der Waals surface area contributed by atoms with Gasteiger partial charge in [0.05, 0.1) is 19.6 Å². The summed E-state index contributed by atoms with van der Waals surface area (Å²) in [5.41, 5.74) is 1.75. The Balaban J connectivity index is 2.02. The van der Waals surface area contributed by atoms with Gasteiger partial charge in [-0.1, -0.05) is 17.7 Å². The molecule has 2 aromatic carbocycles. The summed E-state index contributed by atoms with van der Waals surface area (Å²) in [6, 6.07) is 11.1. The number of methoxy groups -OCH3 is 1. The van der Waals surface area contributed by atoms with E-state index in [1.54, 1.807) is 25.1 Å². The Morgan fingerprint density at radius 2 is 1.97 bits per heavy atom. The number of nitrogens with zero attached hydrogens (tertiary/aromatic N) is 2. The Bertz CT molecular complexity index is 1070. The third-order valence-corrected chi connectivity index (χ3v) is 4.78. The van der Waals surface area contributed by atoms with Crippen LogP contribution in [0.15, 0.2) is 42.5 Å². The summed E-state index contributed by atoms with van der Waals surface area (Å²) in [5, 5.41) is 9.41. The first-order valence-electron chi connectivity index (χ1n) is 9.66. The van der Waals surface area contributed by atoms with Crippen molar-refractivity contribution >= 4 is 35.2 Å². The molecule has 0 aliphatic rings. The highest BCUT2D eigenvalue weighted by atomic mass is 35.5. The van der Waals surface area contributed by atoms with Gasteiger partial charge in [0.15, 0.2) is 18.1 Å². The minimum Gasteiger partial charge on any atom is -0.493 e. The number of ether oxygens (including phenoxy) is 3. The maximum absolute atomic E-state index is 12.6. The lowest BCUT2D eigenvalue weighted by Crippen LogP contribution is -2.35. The van der Waals surface area contributed by atoms with Crippen LogP contribution < -0.4 is 14.4 Å². The average molecular weight is 479 g/mol. The summed E-state index contributed by atoms with van der Waals surface area (Å²) in [5.74, 6) is -1.38. The summed E-state index contributed by atoms with van der Waals surface area (Å²) in [7, 11) is 1.29. The van der Waals surface area contributed by atoms with Crippen molar-refractivity contribution in [1.29, 1.82) is 5.26 Å². The molecule has 2 rings (SSSR count). The number of carbonyl (C=O) groups excluding carboxylic acids is 2. The normalized spacial score (nSPS) is 10.7. The molecule has 0 unspecified atom stereocenters. The van der Waals surface area contributed by atoms with E-state index in [4.69, 9.17) is 26.3 Å². The predicted octanol–water partition coefficient (Wildman–Crippen LogP) is 4.76. The number of aryl methyl sites for hydroxylation is 1.